The highest BCUT2D eigenvalue weighted by Crippen LogP contribution is 2.31. The van der Waals surface area contributed by atoms with Crippen molar-refractivity contribution in [3.63, 3.8) is 0 Å². The summed E-state index contributed by atoms with van der Waals surface area (Å²) in [6, 6.07) is 15.3. The van der Waals surface area contributed by atoms with E-state index in [2.05, 4.69) is 40.5 Å². The number of aromatic nitrogens is 3. The summed E-state index contributed by atoms with van der Waals surface area (Å²) in [6.45, 7) is 3.99. The maximum absolute atomic E-state index is 12.6. The molecule has 0 saturated heterocycles. The number of benzene rings is 2. The van der Waals surface area contributed by atoms with Gasteiger partial charge in [-0.15, -0.1) is 0 Å². The highest BCUT2D eigenvalue weighted by atomic mass is 35.5. The van der Waals surface area contributed by atoms with E-state index in [0.717, 1.165) is 22.2 Å². The standard InChI is InChI=1S/C22H18Cl2N4O/c1-13-5-3-6-15(11-13)16-9-10-25-22-20(16)14(2)27-28(22)12-19(29)26-18-8-4-7-17(23)21(18)24/h3-11H,12H2,1-2H3,(H,26,29). The van der Waals surface area contributed by atoms with E-state index in [9.17, 15) is 4.79 Å². The average molecular weight is 425 g/mol. The van der Waals surface area contributed by atoms with E-state index in [0.29, 0.717) is 21.4 Å². The van der Waals surface area contributed by atoms with E-state index >= 15 is 0 Å². The number of pyridine rings is 1. The molecule has 2 heterocycles. The Kier molecular flexibility index (Phi) is 5.26. The second kappa shape index (κ2) is 7.85. The number of hydrogen-bond donors (Lipinski definition) is 1. The second-order valence-electron chi connectivity index (χ2n) is 6.82. The number of carbonyl (C=O) groups excluding carboxylic acids is 1. The maximum atomic E-state index is 12.6. The third kappa shape index (κ3) is 3.84. The number of anilines is 1. The van der Waals surface area contributed by atoms with Gasteiger partial charge in [-0.3, -0.25) is 4.79 Å². The first-order valence-corrected chi connectivity index (χ1v) is 9.82. The summed E-state index contributed by atoms with van der Waals surface area (Å²) in [6.07, 6.45) is 1.74. The molecule has 0 fully saturated rings. The number of rotatable bonds is 4. The quantitative estimate of drug-likeness (QED) is 0.459. The molecule has 0 atom stereocenters. The molecule has 146 valence electrons. The van der Waals surface area contributed by atoms with Crippen LogP contribution < -0.4 is 5.32 Å². The van der Waals surface area contributed by atoms with E-state index < -0.39 is 0 Å². The summed E-state index contributed by atoms with van der Waals surface area (Å²) >= 11 is 12.2. The van der Waals surface area contributed by atoms with E-state index in [-0.39, 0.29) is 12.5 Å². The Morgan fingerprint density at radius 3 is 2.69 bits per heavy atom. The summed E-state index contributed by atoms with van der Waals surface area (Å²) in [4.78, 5) is 17.1. The lowest BCUT2D eigenvalue weighted by Gasteiger charge is -2.09. The number of hydrogen-bond acceptors (Lipinski definition) is 3. The van der Waals surface area contributed by atoms with Crippen LogP contribution in [0.1, 0.15) is 11.3 Å². The minimum absolute atomic E-state index is 0.0114. The van der Waals surface area contributed by atoms with Crippen LogP contribution in [0.5, 0.6) is 0 Å². The van der Waals surface area contributed by atoms with Crippen molar-refractivity contribution in [1.82, 2.24) is 14.8 Å². The molecule has 7 heteroatoms. The topological polar surface area (TPSA) is 59.8 Å². The SMILES string of the molecule is Cc1cccc(-c2ccnc3c2c(C)nn3CC(=O)Nc2cccc(Cl)c2Cl)c1. The highest BCUT2D eigenvalue weighted by molar-refractivity contribution is 6.44. The van der Waals surface area contributed by atoms with Crippen LogP contribution in [0, 0.1) is 13.8 Å². The predicted molar refractivity (Wildman–Crippen MR) is 118 cm³/mol. The van der Waals surface area contributed by atoms with Gasteiger partial charge in [0.15, 0.2) is 5.65 Å². The molecule has 5 nitrogen and oxygen atoms in total. The fraction of sp³-hybridized carbons (Fsp3) is 0.136. The second-order valence-corrected chi connectivity index (χ2v) is 7.60. The van der Waals surface area contributed by atoms with E-state index in [1.165, 1.54) is 5.56 Å². The van der Waals surface area contributed by atoms with Gasteiger partial charge in [0.05, 0.1) is 21.4 Å². The van der Waals surface area contributed by atoms with Crippen LogP contribution in [-0.4, -0.2) is 20.7 Å². The van der Waals surface area contributed by atoms with Gasteiger partial charge in [-0.2, -0.15) is 5.10 Å². The Morgan fingerprint density at radius 2 is 1.90 bits per heavy atom. The first-order valence-electron chi connectivity index (χ1n) is 9.07. The Labute approximate surface area is 178 Å². The number of aryl methyl sites for hydroxylation is 2. The number of nitrogens with one attached hydrogen (secondary N) is 1. The number of carbonyl (C=O) groups is 1. The van der Waals surface area contributed by atoms with E-state index in [1.807, 2.05) is 19.1 Å². The smallest absolute Gasteiger partial charge is 0.246 e. The molecule has 0 aliphatic rings. The van der Waals surface area contributed by atoms with Gasteiger partial charge in [0.2, 0.25) is 5.91 Å². The Hall–Kier alpha value is -2.89. The molecule has 2 aromatic carbocycles. The van der Waals surface area contributed by atoms with Crippen LogP contribution in [0.4, 0.5) is 5.69 Å². The van der Waals surface area contributed by atoms with Crippen LogP contribution in [0.2, 0.25) is 10.0 Å². The number of halogens is 2. The van der Waals surface area contributed by atoms with Crippen molar-refractivity contribution in [3.8, 4) is 11.1 Å². The number of fused-ring (bicyclic) bond motifs is 1. The van der Waals surface area contributed by atoms with Gasteiger partial charge in [-0.05, 0) is 43.2 Å². The molecule has 4 aromatic rings. The van der Waals surface area contributed by atoms with Gasteiger partial charge in [0.1, 0.15) is 6.54 Å². The average Bonchev–Trinajstić information content (AvgIpc) is 3.01. The highest BCUT2D eigenvalue weighted by Gasteiger charge is 2.17. The molecule has 2 aromatic heterocycles. The van der Waals surface area contributed by atoms with E-state index in [1.54, 1.807) is 29.1 Å². The third-order valence-corrected chi connectivity index (χ3v) is 5.48. The molecular formula is C22H18Cl2N4O. The van der Waals surface area contributed by atoms with Gasteiger partial charge >= 0.3 is 0 Å². The van der Waals surface area contributed by atoms with Crippen molar-refractivity contribution in [2.24, 2.45) is 0 Å². The first-order chi connectivity index (χ1) is 13.9. The van der Waals surface area contributed by atoms with Crippen molar-refractivity contribution in [3.05, 3.63) is 76.0 Å². The minimum Gasteiger partial charge on any atom is -0.323 e. The Morgan fingerprint density at radius 1 is 1.10 bits per heavy atom. The Balaban J connectivity index is 1.68. The van der Waals surface area contributed by atoms with Gasteiger partial charge < -0.3 is 5.32 Å². The molecule has 0 spiro atoms. The van der Waals surface area contributed by atoms with Crippen LogP contribution >= 0.6 is 23.2 Å². The van der Waals surface area contributed by atoms with Gasteiger partial charge in [0.25, 0.3) is 0 Å². The molecule has 0 aliphatic heterocycles. The summed E-state index contributed by atoms with van der Waals surface area (Å²) < 4.78 is 1.61. The molecular weight excluding hydrogens is 407 g/mol. The summed E-state index contributed by atoms with van der Waals surface area (Å²) in [5.41, 5.74) is 5.25. The molecule has 0 unspecified atom stereocenters. The number of nitrogens with zero attached hydrogens (tertiary/aromatic N) is 3. The zero-order valence-electron chi connectivity index (χ0n) is 15.9. The zero-order valence-corrected chi connectivity index (χ0v) is 17.4. The normalized spacial score (nSPS) is 11.0. The minimum atomic E-state index is -0.263. The molecule has 0 aliphatic carbocycles. The molecule has 0 radical (unpaired) electrons. The van der Waals surface area contributed by atoms with Crippen LogP contribution in [0.3, 0.4) is 0 Å². The van der Waals surface area contributed by atoms with Gasteiger partial charge in [-0.1, -0.05) is 59.1 Å². The monoisotopic (exact) mass is 424 g/mol. The molecule has 4 rings (SSSR count). The van der Waals surface area contributed by atoms with Gasteiger partial charge in [0, 0.05) is 11.6 Å². The van der Waals surface area contributed by atoms with Crippen molar-refractivity contribution in [2.75, 3.05) is 5.32 Å². The van der Waals surface area contributed by atoms with Crippen LogP contribution in [0.25, 0.3) is 22.2 Å². The molecule has 1 N–H and O–H groups in total. The van der Waals surface area contributed by atoms with Crippen LogP contribution in [-0.2, 0) is 11.3 Å². The predicted octanol–water partition coefficient (Wildman–Crippen LogP) is 5.66. The summed E-state index contributed by atoms with van der Waals surface area (Å²) in [7, 11) is 0. The maximum Gasteiger partial charge on any atom is 0.246 e. The molecule has 1 amide bonds. The summed E-state index contributed by atoms with van der Waals surface area (Å²) in [5.74, 6) is -0.263. The lowest BCUT2D eigenvalue weighted by atomic mass is 10.0. The first kappa shape index (κ1) is 19.4. The van der Waals surface area contributed by atoms with Crippen molar-refractivity contribution in [1.29, 1.82) is 0 Å². The lowest BCUT2D eigenvalue weighted by Crippen LogP contribution is -2.20. The van der Waals surface area contributed by atoms with Gasteiger partial charge in [-0.25, -0.2) is 9.67 Å². The fourth-order valence-electron chi connectivity index (χ4n) is 3.37. The van der Waals surface area contributed by atoms with E-state index in [4.69, 9.17) is 23.2 Å². The fourth-order valence-corrected chi connectivity index (χ4v) is 3.72. The largest absolute Gasteiger partial charge is 0.323 e. The zero-order chi connectivity index (χ0) is 20.5. The summed E-state index contributed by atoms with van der Waals surface area (Å²) in [5, 5.41) is 8.97. The lowest BCUT2D eigenvalue weighted by molar-refractivity contribution is -0.116. The molecule has 0 bridgehead atoms. The molecule has 0 saturated carbocycles. The van der Waals surface area contributed by atoms with Crippen molar-refractivity contribution < 1.29 is 4.79 Å². The molecule has 29 heavy (non-hydrogen) atoms. The Bertz CT molecular complexity index is 1230. The van der Waals surface area contributed by atoms with Crippen molar-refractivity contribution in [2.45, 2.75) is 20.4 Å². The van der Waals surface area contributed by atoms with Crippen LogP contribution in [0.15, 0.2) is 54.7 Å². The number of amides is 1. The third-order valence-electron chi connectivity index (χ3n) is 4.66. The van der Waals surface area contributed by atoms with Crippen molar-refractivity contribution >= 4 is 45.8 Å².